The SMILES string of the molecule is c1ccc(-c2c3ccccc3c(-c3ccccc3)c3cc(-c4ccccc4-c4ccccc4-c4cc5ccccc5c5c4oc4ccccc45)ccc23)cc1. The maximum absolute atomic E-state index is 6.74. The van der Waals surface area contributed by atoms with Gasteiger partial charge in [-0.2, -0.15) is 0 Å². The predicted octanol–water partition coefficient (Wildman–Crippen LogP) is 15.4. The molecule has 10 aromatic carbocycles. The minimum Gasteiger partial charge on any atom is -0.455 e. The van der Waals surface area contributed by atoms with Gasteiger partial charge in [-0.15, -0.1) is 0 Å². The van der Waals surface area contributed by atoms with Crippen LogP contribution >= 0.6 is 0 Å². The van der Waals surface area contributed by atoms with Gasteiger partial charge in [0.2, 0.25) is 0 Å². The molecule has 0 saturated carbocycles. The summed E-state index contributed by atoms with van der Waals surface area (Å²) in [5.41, 5.74) is 13.7. The topological polar surface area (TPSA) is 13.1 Å². The normalized spacial score (nSPS) is 11.6. The smallest absolute Gasteiger partial charge is 0.143 e. The van der Waals surface area contributed by atoms with E-state index in [1.54, 1.807) is 0 Å². The summed E-state index contributed by atoms with van der Waals surface area (Å²) in [6.07, 6.45) is 0. The average Bonchev–Trinajstić information content (AvgIpc) is 3.66. The second-order valence-electron chi connectivity index (χ2n) is 14.3. The van der Waals surface area contributed by atoms with E-state index in [4.69, 9.17) is 4.42 Å². The van der Waals surface area contributed by atoms with Crippen LogP contribution in [0, 0.1) is 0 Å². The zero-order valence-corrected chi connectivity index (χ0v) is 30.0. The summed E-state index contributed by atoms with van der Waals surface area (Å²) in [6.45, 7) is 0. The Labute approximate surface area is 319 Å². The Kier molecular flexibility index (Phi) is 7.25. The lowest BCUT2D eigenvalue weighted by Gasteiger charge is -2.20. The maximum Gasteiger partial charge on any atom is 0.143 e. The van der Waals surface area contributed by atoms with Gasteiger partial charge in [-0.05, 0) is 101 Å². The highest BCUT2D eigenvalue weighted by Crippen LogP contribution is 2.48. The van der Waals surface area contributed by atoms with Crippen LogP contribution in [-0.4, -0.2) is 0 Å². The minimum atomic E-state index is 0.903. The van der Waals surface area contributed by atoms with Crippen molar-refractivity contribution in [2.24, 2.45) is 0 Å². The Hall–Kier alpha value is -7.22. The predicted molar refractivity (Wildman–Crippen MR) is 233 cm³/mol. The van der Waals surface area contributed by atoms with Crippen molar-refractivity contribution < 1.29 is 4.42 Å². The second kappa shape index (κ2) is 12.7. The Morgan fingerprint density at radius 1 is 0.273 bits per heavy atom. The third kappa shape index (κ3) is 5.01. The lowest BCUT2D eigenvalue weighted by molar-refractivity contribution is 0.670. The molecule has 256 valence electrons. The minimum absolute atomic E-state index is 0.903. The van der Waals surface area contributed by atoms with Gasteiger partial charge in [0, 0.05) is 16.3 Å². The Bertz CT molecular complexity index is 3240. The van der Waals surface area contributed by atoms with Crippen molar-refractivity contribution in [3.8, 4) is 55.6 Å². The van der Waals surface area contributed by atoms with Crippen molar-refractivity contribution in [1.29, 1.82) is 0 Å². The number of furan rings is 1. The highest BCUT2D eigenvalue weighted by Gasteiger charge is 2.21. The van der Waals surface area contributed by atoms with Crippen LogP contribution in [0.3, 0.4) is 0 Å². The summed E-state index contributed by atoms with van der Waals surface area (Å²) in [4.78, 5) is 0. The van der Waals surface area contributed by atoms with E-state index < -0.39 is 0 Å². The molecule has 55 heavy (non-hydrogen) atoms. The van der Waals surface area contributed by atoms with Gasteiger partial charge >= 0.3 is 0 Å². The van der Waals surface area contributed by atoms with E-state index in [0.29, 0.717) is 0 Å². The molecule has 1 aromatic heterocycles. The molecular weight excluding hydrogens is 665 g/mol. The van der Waals surface area contributed by atoms with Gasteiger partial charge in [0.1, 0.15) is 11.2 Å². The van der Waals surface area contributed by atoms with E-state index in [9.17, 15) is 0 Å². The van der Waals surface area contributed by atoms with Crippen LogP contribution in [0.5, 0.6) is 0 Å². The zero-order chi connectivity index (χ0) is 36.3. The average molecular weight is 699 g/mol. The first-order valence-electron chi connectivity index (χ1n) is 18.9. The number of hydrogen-bond donors (Lipinski definition) is 0. The standard InChI is InChI=1S/C54H34O/c1-3-17-35(18-4-1)51-44-27-13-14-28-45(44)52(36-19-5-2-6-20-36)48-33-38(31-32-46(48)51)39-22-9-10-24-41(39)42-25-11-12-26-43(42)49-34-37-21-7-8-23-40(37)53-47-29-15-16-30-50(47)55-54(49)53/h1-34H. The number of benzene rings is 10. The number of hydrogen-bond acceptors (Lipinski definition) is 1. The molecule has 0 fully saturated rings. The molecule has 0 aliphatic heterocycles. The molecule has 11 aromatic rings. The number of fused-ring (bicyclic) bond motifs is 7. The highest BCUT2D eigenvalue weighted by atomic mass is 16.3. The lowest BCUT2D eigenvalue weighted by Crippen LogP contribution is -1.93. The van der Waals surface area contributed by atoms with Crippen molar-refractivity contribution in [2.75, 3.05) is 0 Å². The van der Waals surface area contributed by atoms with E-state index in [-0.39, 0.29) is 0 Å². The van der Waals surface area contributed by atoms with Crippen molar-refractivity contribution in [3.63, 3.8) is 0 Å². The molecule has 0 radical (unpaired) electrons. The number of rotatable bonds is 5. The van der Waals surface area contributed by atoms with Gasteiger partial charge < -0.3 is 4.42 Å². The summed E-state index contributed by atoms with van der Waals surface area (Å²) in [7, 11) is 0. The molecule has 1 heteroatoms. The fraction of sp³-hybridized carbons (Fsp3) is 0. The van der Waals surface area contributed by atoms with E-state index in [1.807, 2.05) is 0 Å². The largest absolute Gasteiger partial charge is 0.455 e. The van der Waals surface area contributed by atoms with Crippen molar-refractivity contribution in [3.05, 3.63) is 206 Å². The van der Waals surface area contributed by atoms with Gasteiger partial charge in [0.25, 0.3) is 0 Å². The van der Waals surface area contributed by atoms with Gasteiger partial charge in [-0.25, -0.2) is 0 Å². The molecule has 0 unspecified atom stereocenters. The van der Waals surface area contributed by atoms with Crippen molar-refractivity contribution >= 4 is 54.3 Å². The molecular formula is C54H34O. The third-order valence-electron chi connectivity index (χ3n) is 11.3. The summed E-state index contributed by atoms with van der Waals surface area (Å²) < 4.78 is 6.74. The Morgan fingerprint density at radius 3 is 1.42 bits per heavy atom. The number of para-hydroxylation sites is 1. The summed E-state index contributed by atoms with van der Waals surface area (Å²) >= 11 is 0. The molecule has 1 heterocycles. The fourth-order valence-electron chi connectivity index (χ4n) is 8.87. The maximum atomic E-state index is 6.74. The molecule has 0 bridgehead atoms. The van der Waals surface area contributed by atoms with Crippen molar-refractivity contribution in [1.82, 2.24) is 0 Å². The van der Waals surface area contributed by atoms with Gasteiger partial charge in [0.15, 0.2) is 0 Å². The van der Waals surface area contributed by atoms with E-state index in [2.05, 4.69) is 206 Å². The van der Waals surface area contributed by atoms with Crippen LogP contribution < -0.4 is 0 Å². The summed E-state index contributed by atoms with van der Waals surface area (Å²) in [5.74, 6) is 0. The first-order valence-corrected chi connectivity index (χ1v) is 18.9. The Morgan fingerprint density at radius 2 is 0.745 bits per heavy atom. The van der Waals surface area contributed by atoms with Crippen LogP contribution in [0.25, 0.3) is 110 Å². The molecule has 0 spiro atoms. The molecule has 1 nitrogen and oxygen atoms in total. The van der Waals surface area contributed by atoms with Crippen LogP contribution in [0.15, 0.2) is 211 Å². The monoisotopic (exact) mass is 698 g/mol. The lowest BCUT2D eigenvalue weighted by atomic mass is 9.83. The molecule has 0 aliphatic rings. The molecule has 0 aliphatic carbocycles. The molecule has 0 saturated heterocycles. The van der Waals surface area contributed by atoms with Crippen molar-refractivity contribution in [2.45, 2.75) is 0 Å². The third-order valence-corrected chi connectivity index (χ3v) is 11.3. The molecule has 0 N–H and O–H groups in total. The quantitative estimate of drug-likeness (QED) is 0.163. The molecule has 0 amide bonds. The van der Waals surface area contributed by atoms with Crippen LogP contribution in [0.1, 0.15) is 0 Å². The van der Waals surface area contributed by atoms with Gasteiger partial charge in [-0.3, -0.25) is 0 Å². The second-order valence-corrected chi connectivity index (χ2v) is 14.3. The van der Waals surface area contributed by atoms with Crippen LogP contribution in [0.2, 0.25) is 0 Å². The van der Waals surface area contributed by atoms with E-state index >= 15 is 0 Å². The summed E-state index contributed by atoms with van der Waals surface area (Å²) in [5, 5.41) is 9.70. The van der Waals surface area contributed by atoms with Crippen LogP contribution in [0.4, 0.5) is 0 Å². The zero-order valence-electron chi connectivity index (χ0n) is 30.0. The summed E-state index contributed by atoms with van der Waals surface area (Å²) in [6, 6.07) is 74.7. The first kappa shape index (κ1) is 31.3. The molecule has 11 rings (SSSR count). The van der Waals surface area contributed by atoms with Crippen LogP contribution in [-0.2, 0) is 0 Å². The first-order chi connectivity index (χ1) is 27.3. The van der Waals surface area contributed by atoms with E-state index in [1.165, 1.54) is 76.8 Å². The molecule has 0 atom stereocenters. The highest BCUT2D eigenvalue weighted by molar-refractivity contribution is 6.24. The fourth-order valence-corrected chi connectivity index (χ4v) is 8.87. The van der Waals surface area contributed by atoms with Gasteiger partial charge in [-0.1, -0.05) is 188 Å². The van der Waals surface area contributed by atoms with Gasteiger partial charge in [0.05, 0.1) is 0 Å². The van der Waals surface area contributed by atoms with E-state index in [0.717, 1.165) is 33.1 Å². The Balaban J connectivity index is 1.18.